The lowest BCUT2D eigenvalue weighted by Gasteiger charge is -2.41. The zero-order valence-corrected chi connectivity index (χ0v) is 31.8. The molecule has 0 saturated carbocycles. The number of carbonyl (C=O) groups excluding carboxylic acids is 3. The second-order valence-electron chi connectivity index (χ2n) is 13.0. The van der Waals surface area contributed by atoms with Crippen molar-refractivity contribution >= 4 is 53.6 Å². The van der Waals surface area contributed by atoms with Gasteiger partial charge in [-0.1, -0.05) is 44.5 Å². The first-order valence-corrected chi connectivity index (χ1v) is 19.3. The Hall–Kier alpha value is -3.82. The van der Waals surface area contributed by atoms with Gasteiger partial charge in [0.05, 0.1) is 30.8 Å². The van der Waals surface area contributed by atoms with Gasteiger partial charge >= 0.3 is 5.97 Å². The second kappa shape index (κ2) is 15.0. The molecule has 49 heavy (non-hydrogen) atoms. The maximum atomic E-state index is 14.3. The minimum absolute atomic E-state index is 0.0251. The molecule has 0 saturated heterocycles. The Morgan fingerprint density at radius 3 is 2.18 bits per heavy atom. The summed E-state index contributed by atoms with van der Waals surface area (Å²) in [6, 6.07) is 8.17. The molecular formula is C34H41BrClN3O9Si. The highest BCUT2D eigenvalue weighted by Crippen LogP contribution is 2.45. The summed E-state index contributed by atoms with van der Waals surface area (Å²) in [6.07, 6.45) is -1.08. The van der Waals surface area contributed by atoms with Gasteiger partial charge in [-0.3, -0.25) is 9.59 Å². The van der Waals surface area contributed by atoms with Gasteiger partial charge in [-0.15, -0.1) is 0 Å². The van der Waals surface area contributed by atoms with Crippen LogP contribution in [0.5, 0.6) is 28.7 Å². The third-order valence-corrected chi connectivity index (χ3v) is 14.1. The number of benzene rings is 3. The van der Waals surface area contributed by atoms with Crippen molar-refractivity contribution in [1.82, 2.24) is 10.6 Å². The largest absolute Gasteiger partial charge is 0.504 e. The summed E-state index contributed by atoms with van der Waals surface area (Å²) in [7, 11) is 1.38. The molecule has 3 aromatic carbocycles. The Balaban J connectivity index is 1.99. The van der Waals surface area contributed by atoms with Crippen LogP contribution >= 0.6 is 27.5 Å². The van der Waals surface area contributed by atoms with Crippen LogP contribution in [0, 0.1) is 0 Å². The topological polar surface area (TPSA) is 168 Å². The average Bonchev–Trinajstić information content (AvgIpc) is 3.04. The van der Waals surface area contributed by atoms with Gasteiger partial charge in [0, 0.05) is 0 Å². The summed E-state index contributed by atoms with van der Waals surface area (Å²) in [5.41, 5.74) is 7.35. The molecule has 15 heteroatoms. The summed E-state index contributed by atoms with van der Waals surface area (Å²) in [4.78, 5) is 41.7. The molecule has 264 valence electrons. The smallest absolute Gasteiger partial charge is 0.331 e. The van der Waals surface area contributed by atoms with E-state index in [1.54, 1.807) is 36.4 Å². The van der Waals surface area contributed by atoms with Gasteiger partial charge in [0.15, 0.2) is 25.9 Å². The Morgan fingerprint density at radius 2 is 1.61 bits per heavy atom. The fraction of sp³-hybridized carbons (Fsp3) is 0.382. The van der Waals surface area contributed by atoms with Gasteiger partial charge in [0.25, 0.3) is 0 Å². The van der Waals surface area contributed by atoms with E-state index >= 15 is 0 Å². The van der Waals surface area contributed by atoms with Gasteiger partial charge in [0.2, 0.25) is 17.6 Å². The summed E-state index contributed by atoms with van der Waals surface area (Å²) >= 11 is 10.2. The number of hydrogen-bond donors (Lipinski definition) is 4. The first-order valence-electron chi connectivity index (χ1n) is 15.3. The SMILES string of the molecule is COC(=O)[C@H]1NC(=O)[C@@H](c2ccc(OC)c(Br)c2)NC(=O)[C@H](N)c2cc(O)c(OC)c(c2)Oc2ccc(cc2Cl)[C@H]1O[Si](C)(C)C(C)(C)C. The van der Waals surface area contributed by atoms with Crippen molar-refractivity contribution in [2.45, 2.75) is 63.1 Å². The zero-order chi connectivity index (χ0) is 36.4. The highest BCUT2D eigenvalue weighted by atomic mass is 79.9. The number of rotatable bonds is 6. The maximum Gasteiger partial charge on any atom is 0.331 e. The number of carbonyl (C=O) groups is 3. The van der Waals surface area contributed by atoms with Gasteiger partial charge in [-0.25, -0.2) is 4.79 Å². The first kappa shape index (κ1) is 38.0. The molecule has 0 radical (unpaired) electrons. The van der Waals surface area contributed by atoms with E-state index in [1.807, 2.05) is 33.9 Å². The monoisotopic (exact) mass is 777 g/mol. The van der Waals surface area contributed by atoms with Crippen LogP contribution < -0.4 is 30.6 Å². The Kier molecular flexibility index (Phi) is 11.6. The number of esters is 1. The molecule has 12 nitrogen and oxygen atoms in total. The number of fused-ring (bicyclic) bond motifs is 9. The van der Waals surface area contributed by atoms with Crippen LogP contribution in [-0.2, 0) is 23.5 Å². The molecule has 2 aliphatic rings. The van der Waals surface area contributed by atoms with Crippen LogP contribution in [-0.4, -0.2) is 58.6 Å². The molecule has 0 fully saturated rings. The van der Waals surface area contributed by atoms with E-state index in [9.17, 15) is 19.5 Å². The summed E-state index contributed by atoms with van der Waals surface area (Å²) in [5, 5.41) is 16.1. The summed E-state index contributed by atoms with van der Waals surface area (Å²) in [6.45, 7) is 10.1. The van der Waals surface area contributed by atoms with Crippen LogP contribution in [0.3, 0.4) is 0 Å². The molecular weight excluding hydrogens is 738 g/mol. The van der Waals surface area contributed by atoms with Crippen LogP contribution in [0.25, 0.3) is 0 Å². The number of ether oxygens (including phenoxy) is 4. The van der Waals surface area contributed by atoms with Crippen LogP contribution in [0.15, 0.2) is 53.0 Å². The minimum Gasteiger partial charge on any atom is -0.504 e. The first-order chi connectivity index (χ1) is 22.9. The van der Waals surface area contributed by atoms with Crippen LogP contribution in [0.1, 0.15) is 55.6 Å². The number of nitrogens with two attached hydrogens (primary N) is 1. The molecule has 5 rings (SSSR count). The van der Waals surface area contributed by atoms with Gasteiger partial charge in [-0.2, -0.15) is 0 Å². The quantitative estimate of drug-likeness (QED) is 0.167. The normalized spacial score (nSPS) is 20.1. The fourth-order valence-corrected chi connectivity index (χ4v) is 7.00. The molecule has 3 aromatic rings. The number of phenolic OH excluding ortho intramolecular Hbond substituents is 1. The van der Waals surface area contributed by atoms with E-state index in [0.717, 1.165) is 0 Å². The van der Waals surface area contributed by atoms with E-state index < -0.39 is 50.3 Å². The number of methoxy groups -OCH3 is 3. The minimum atomic E-state index is -2.65. The molecule has 4 atom stereocenters. The highest BCUT2D eigenvalue weighted by molar-refractivity contribution is 9.10. The Morgan fingerprint density at radius 1 is 0.939 bits per heavy atom. The van der Waals surface area contributed by atoms with E-state index in [2.05, 4.69) is 26.6 Å². The molecule has 2 amide bonds. The van der Waals surface area contributed by atoms with Gasteiger partial charge in [0.1, 0.15) is 29.7 Å². The van der Waals surface area contributed by atoms with Crippen molar-refractivity contribution < 1.29 is 42.9 Å². The van der Waals surface area contributed by atoms with Gasteiger partial charge < -0.3 is 44.8 Å². The van der Waals surface area contributed by atoms with Gasteiger partial charge in [-0.05, 0) is 87.2 Å². The van der Waals surface area contributed by atoms with Crippen molar-refractivity contribution in [3.63, 3.8) is 0 Å². The molecule has 0 unspecified atom stereocenters. The van der Waals surface area contributed by atoms with E-state index in [4.69, 9.17) is 40.7 Å². The molecule has 0 aliphatic carbocycles. The van der Waals surface area contributed by atoms with E-state index in [-0.39, 0.29) is 38.6 Å². The Bertz CT molecular complexity index is 1750. The number of nitrogens with one attached hydrogen (secondary N) is 2. The number of halogens is 2. The lowest BCUT2D eigenvalue weighted by atomic mass is 9.99. The Labute approximate surface area is 299 Å². The number of aromatic hydroxyl groups is 1. The summed E-state index contributed by atoms with van der Waals surface area (Å²) in [5.74, 6) is -2.02. The molecule has 2 aliphatic heterocycles. The van der Waals surface area contributed by atoms with Crippen molar-refractivity contribution in [1.29, 1.82) is 0 Å². The van der Waals surface area contributed by atoms with Crippen molar-refractivity contribution in [2.24, 2.45) is 5.73 Å². The fourth-order valence-electron chi connectivity index (χ4n) is 4.95. The third kappa shape index (κ3) is 8.15. The third-order valence-electron chi connectivity index (χ3n) is 8.75. The molecule has 5 N–H and O–H groups in total. The maximum absolute atomic E-state index is 14.3. The zero-order valence-electron chi connectivity index (χ0n) is 28.5. The van der Waals surface area contributed by atoms with E-state index in [1.165, 1.54) is 33.5 Å². The summed E-state index contributed by atoms with van der Waals surface area (Å²) < 4.78 is 29.4. The van der Waals surface area contributed by atoms with Crippen LogP contribution in [0.2, 0.25) is 23.2 Å². The average molecular weight is 779 g/mol. The number of phenols is 1. The highest BCUT2D eigenvalue weighted by Gasteiger charge is 2.44. The number of amides is 2. The van der Waals surface area contributed by atoms with E-state index in [0.29, 0.717) is 21.3 Å². The number of hydrogen-bond acceptors (Lipinski definition) is 10. The molecule has 4 bridgehead atoms. The second-order valence-corrected chi connectivity index (χ2v) is 19.0. The van der Waals surface area contributed by atoms with Crippen molar-refractivity contribution in [2.75, 3.05) is 21.3 Å². The molecule has 0 aromatic heterocycles. The van der Waals surface area contributed by atoms with Crippen molar-refractivity contribution in [3.8, 4) is 28.7 Å². The molecule has 2 heterocycles. The van der Waals surface area contributed by atoms with Crippen molar-refractivity contribution in [3.05, 3.63) is 74.7 Å². The predicted molar refractivity (Wildman–Crippen MR) is 190 cm³/mol. The predicted octanol–water partition coefficient (Wildman–Crippen LogP) is 6.21. The van der Waals surface area contributed by atoms with Crippen LogP contribution in [0.4, 0.5) is 0 Å². The molecule has 0 spiro atoms. The lowest BCUT2D eigenvalue weighted by molar-refractivity contribution is -0.148. The lowest BCUT2D eigenvalue weighted by Crippen LogP contribution is -2.54. The standard InChI is InChI=1S/C34H41BrClN3O9Si/c1-34(2,3)49(7,8)48-29-18-10-12-24(21(36)14-18)47-25-16-19(15-22(40)30(25)45-5)26(37)31(41)38-27(32(42)39-28(29)33(43)46-6)17-9-11-23(44-4)20(35)13-17/h9-16,26-29,40H,37H2,1-8H3,(H,38,41)(H,39,42)/t26-,27-,28+,29-/m1/s1.